The highest BCUT2D eigenvalue weighted by Crippen LogP contribution is 2.11. The van der Waals surface area contributed by atoms with Gasteiger partial charge in [-0.3, -0.25) is 4.90 Å². The van der Waals surface area contributed by atoms with E-state index in [0.29, 0.717) is 12.5 Å². The molecule has 1 aliphatic rings. The summed E-state index contributed by atoms with van der Waals surface area (Å²) in [7, 11) is 0. The Morgan fingerprint density at radius 2 is 2.18 bits per heavy atom. The summed E-state index contributed by atoms with van der Waals surface area (Å²) >= 11 is 0. The van der Waals surface area contributed by atoms with E-state index in [1.807, 2.05) is 6.92 Å². The number of β-amino-alcohol motifs (C(OH)–C–C–N with tert-alkyl or cyclic N) is 1. The number of unbranched alkanes of at least 4 members (excludes halogenated alkanes) is 2. The lowest BCUT2D eigenvalue weighted by molar-refractivity contribution is 0.0447. The van der Waals surface area contributed by atoms with Crippen LogP contribution in [0.3, 0.4) is 0 Å². The van der Waals surface area contributed by atoms with E-state index in [-0.39, 0.29) is 6.10 Å². The van der Waals surface area contributed by atoms with Gasteiger partial charge in [0.1, 0.15) is 0 Å². The van der Waals surface area contributed by atoms with Gasteiger partial charge < -0.3 is 10.0 Å². The molecule has 1 saturated heterocycles. The van der Waals surface area contributed by atoms with Crippen molar-refractivity contribution in [1.82, 2.24) is 9.80 Å². The number of aliphatic hydroxyl groups excluding tert-OH is 1. The minimum Gasteiger partial charge on any atom is -0.392 e. The second-order valence-electron chi connectivity index (χ2n) is 5.11. The number of rotatable bonds is 6. The molecular formula is C13H25N3O. The molecule has 0 amide bonds. The van der Waals surface area contributed by atoms with Gasteiger partial charge in [0.05, 0.1) is 12.2 Å². The van der Waals surface area contributed by atoms with Crippen molar-refractivity contribution in [1.29, 1.82) is 5.26 Å². The second-order valence-corrected chi connectivity index (χ2v) is 5.11. The van der Waals surface area contributed by atoms with Crippen molar-refractivity contribution in [3.8, 4) is 6.07 Å². The van der Waals surface area contributed by atoms with Gasteiger partial charge in [-0.1, -0.05) is 0 Å². The van der Waals surface area contributed by atoms with Gasteiger partial charge in [-0.05, 0) is 33.2 Å². The summed E-state index contributed by atoms with van der Waals surface area (Å²) < 4.78 is 0. The molecule has 0 bridgehead atoms. The number of aliphatic hydroxyl groups is 1. The third-order valence-corrected chi connectivity index (χ3v) is 3.36. The largest absolute Gasteiger partial charge is 0.392 e. The highest BCUT2D eigenvalue weighted by Gasteiger charge is 2.23. The van der Waals surface area contributed by atoms with E-state index in [1.165, 1.54) is 0 Å². The van der Waals surface area contributed by atoms with Crippen molar-refractivity contribution in [3.05, 3.63) is 0 Å². The van der Waals surface area contributed by atoms with Gasteiger partial charge in [-0.25, -0.2) is 0 Å². The fourth-order valence-corrected chi connectivity index (χ4v) is 2.42. The Kier molecular flexibility index (Phi) is 6.49. The number of nitriles is 1. The summed E-state index contributed by atoms with van der Waals surface area (Å²) in [5.74, 6) is 0. The molecule has 1 N–H and O–H groups in total. The average molecular weight is 239 g/mol. The molecule has 0 aromatic carbocycles. The first kappa shape index (κ1) is 14.4. The summed E-state index contributed by atoms with van der Waals surface area (Å²) in [5, 5.41) is 17.9. The van der Waals surface area contributed by atoms with Crippen LogP contribution in [-0.2, 0) is 0 Å². The molecule has 0 aliphatic carbocycles. The number of hydrogen-bond acceptors (Lipinski definition) is 4. The first-order valence-electron chi connectivity index (χ1n) is 6.65. The molecule has 2 atom stereocenters. The summed E-state index contributed by atoms with van der Waals surface area (Å²) in [6, 6.07) is 2.71. The lowest BCUT2D eigenvalue weighted by atomic mass is 10.1. The van der Waals surface area contributed by atoms with Crippen LogP contribution in [-0.4, -0.2) is 59.8 Å². The number of nitrogens with zero attached hydrogens (tertiary/aromatic N) is 3. The normalized spacial score (nSPS) is 24.5. The Morgan fingerprint density at radius 1 is 1.41 bits per heavy atom. The van der Waals surface area contributed by atoms with Crippen LogP contribution < -0.4 is 0 Å². The van der Waals surface area contributed by atoms with Crippen LogP contribution in [0.1, 0.15) is 33.1 Å². The average Bonchev–Trinajstić information content (AvgIpc) is 2.27. The first-order chi connectivity index (χ1) is 8.13. The predicted octanol–water partition coefficient (Wildman–Crippen LogP) is 1.07. The van der Waals surface area contributed by atoms with E-state index in [0.717, 1.165) is 45.6 Å². The first-order valence-corrected chi connectivity index (χ1v) is 6.65. The summed E-state index contributed by atoms with van der Waals surface area (Å²) in [5.41, 5.74) is 0. The maximum absolute atomic E-state index is 9.40. The molecule has 4 nitrogen and oxygen atoms in total. The van der Waals surface area contributed by atoms with Crippen LogP contribution in [0.25, 0.3) is 0 Å². The highest BCUT2D eigenvalue weighted by atomic mass is 16.3. The van der Waals surface area contributed by atoms with E-state index < -0.39 is 0 Å². The quantitative estimate of drug-likeness (QED) is 0.704. The maximum atomic E-state index is 9.40. The van der Waals surface area contributed by atoms with Gasteiger partial charge in [0.2, 0.25) is 0 Å². The zero-order valence-electron chi connectivity index (χ0n) is 11.1. The van der Waals surface area contributed by atoms with Crippen LogP contribution in [0.15, 0.2) is 0 Å². The van der Waals surface area contributed by atoms with Crippen molar-refractivity contribution in [2.75, 3.05) is 32.7 Å². The standard InChI is InChI=1S/C13H25N3O/c1-12-10-15(7-5-3-4-6-14)8-9-16(12)11-13(2)17/h12-13,17H,3-5,7-11H2,1-2H3/t12-,13-/m0/s1. The number of hydrogen-bond donors (Lipinski definition) is 1. The molecular weight excluding hydrogens is 214 g/mol. The van der Waals surface area contributed by atoms with Gasteiger partial charge in [-0.15, -0.1) is 0 Å². The van der Waals surface area contributed by atoms with Gasteiger partial charge in [0.15, 0.2) is 0 Å². The molecule has 0 unspecified atom stereocenters. The summed E-state index contributed by atoms with van der Waals surface area (Å²) in [6.45, 7) is 9.18. The van der Waals surface area contributed by atoms with Crippen molar-refractivity contribution in [2.24, 2.45) is 0 Å². The van der Waals surface area contributed by atoms with Gasteiger partial charge in [-0.2, -0.15) is 5.26 Å². The molecule has 1 aliphatic heterocycles. The fourth-order valence-electron chi connectivity index (χ4n) is 2.42. The Morgan fingerprint density at radius 3 is 2.76 bits per heavy atom. The molecule has 0 radical (unpaired) electrons. The van der Waals surface area contributed by atoms with E-state index in [1.54, 1.807) is 0 Å². The molecule has 17 heavy (non-hydrogen) atoms. The third-order valence-electron chi connectivity index (χ3n) is 3.36. The molecule has 0 aromatic heterocycles. The van der Waals surface area contributed by atoms with E-state index >= 15 is 0 Å². The Bertz CT molecular complexity index is 250. The zero-order chi connectivity index (χ0) is 12.7. The van der Waals surface area contributed by atoms with Crippen LogP contribution >= 0.6 is 0 Å². The topological polar surface area (TPSA) is 50.5 Å². The summed E-state index contributed by atoms with van der Waals surface area (Å²) in [6.07, 6.45) is 2.58. The van der Waals surface area contributed by atoms with Gasteiger partial charge >= 0.3 is 0 Å². The summed E-state index contributed by atoms with van der Waals surface area (Å²) in [4.78, 5) is 4.83. The van der Waals surface area contributed by atoms with E-state index in [9.17, 15) is 5.11 Å². The van der Waals surface area contributed by atoms with Crippen molar-refractivity contribution in [2.45, 2.75) is 45.3 Å². The highest BCUT2D eigenvalue weighted by molar-refractivity contribution is 4.80. The SMILES string of the molecule is C[C@H](O)CN1CCN(CCCCC#N)C[C@@H]1C. The maximum Gasteiger partial charge on any atom is 0.0639 e. The van der Waals surface area contributed by atoms with Crippen LogP contribution in [0.4, 0.5) is 0 Å². The predicted molar refractivity (Wildman–Crippen MR) is 68.6 cm³/mol. The Balaban J connectivity index is 2.20. The molecule has 1 rings (SSSR count). The third kappa shape index (κ3) is 5.49. The van der Waals surface area contributed by atoms with Crippen LogP contribution in [0.2, 0.25) is 0 Å². The molecule has 98 valence electrons. The Hall–Kier alpha value is -0.630. The van der Waals surface area contributed by atoms with Crippen molar-refractivity contribution >= 4 is 0 Å². The van der Waals surface area contributed by atoms with Gasteiger partial charge in [0.25, 0.3) is 0 Å². The fraction of sp³-hybridized carbons (Fsp3) is 0.923. The van der Waals surface area contributed by atoms with Gasteiger partial charge in [0, 0.05) is 38.6 Å². The lowest BCUT2D eigenvalue weighted by Gasteiger charge is -2.40. The number of piperazine rings is 1. The van der Waals surface area contributed by atoms with E-state index in [4.69, 9.17) is 5.26 Å². The van der Waals surface area contributed by atoms with Crippen LogP contribution in [0.5, 0.6) is 0 Å². The monoisotopic (exact) mass is 239 g/mol. The smallest absolute Gasteiger partial charge is 0.0639 e. The molecule has 4 heteroatoms. The lowest BCUT2D eigenvalue weighted by Crippen LogP contribution is -2.53. The minimum absolute atomic E-state index is 0.236. The molecule has 1 fully saturated rings. The molecule has 0 aromatic rings. The zero-order valence-corrected chi connectivity index (χ0v) is 11.1. The van der Waals surface area contributed by atoms with E-state index in [2.05, 4.69) is 22.8 Å². The second kappa shape index (κ2) is 7.65. The van der Waals surface area contributed by atoms with Crippen LogP contribution in [0, 0.1) is 11.3 Å². The minimum atomic E-state index is -0.236. The molecule has 0 saturated carbocycles. The van der Waals surface area contributed by atoms with Crippen molar-refractivity contribution in [3.63, 3.8) is 0 Å². The molecule has 1 heterocycles. The van der Waals surface area contributed by atoms with Crippen molar-refractivity contribution < 1.29 is 5.11 Å². The Labute approximate surface area is 105 Å². The molecule has 0 spiro atoms.